The Labute approximate surface area is 202 Å². The van der Waals surface area contributed by atoms with Gasteiger partial charge in [0, 0.05) is 49.1 Å². The van der Waals surface area contributed by atoms with Gasteiger partial charge in [-0.15, -0.1) is 0 Å². The Hall–Kier alpha value is -4.18. The lowest BCUT2D eigenvalue weighted by atomic mass is 10.1. The number of fused-ring (bicyclic) bond motifs is 1. The number of nitro groups is 1. The second-order valence-electron chi connectivity index (χ2n) is 8.06. The summed E-state index contributed by atoms with van der Waals surface area (Å²) in [5.74, 6) is -0.253. The monoisotopic (exact) mass is 492 g/mol. The van der Waals surface area contributed by atoms with Crippen molar-refractivity contribution in [1.29, 1.82) is 0 Å². The molecule has 3 aromatic carbocycles. The molecule has 0 spiro atoms. The first-order valence-corrected chi connectivity index (χ1v) is 12.8. The molecule has 0 fully saturated rings. The van der Waals surface area contributed by atoms with E-state index in [0.717, 1.165) is 28.8 Å². The third kappa shape index (κ3) is 5.49. The summed E-state index contributed by atoms with van der Waals surface area (Å²) in [6.45, 7) is 1.05. The first kappa shape index (κ1) is 24.0. The average Bonchev–Trinajstić information content (AvgIpc) is 3.20. The Morgan fingerprint density at radius 2 is 1.71 bits per heavy atom. The van der Waals surface area contributed by atoms with E-state index in [1.54, 1.807) is 0 Å². The summed E-state index contributed by atoms with van der Waals surface area (Å²) in [5, 5.41) is 18.0. The Morgan fingerprint density at radius 1 is 1.00 bits per heavy atom. The van der Waals surface area contributed by atoms with Gasteiger partial charge in [-0.25, -0.2) is 8.42 Å². The van der Waals surface area contributed by atoms with Crippen LogP contribution in [-0.4, -0.2) is 43.2 Å². The number of nitrogens with one attached hydrogen (secondary N) is 2. The molecular weight excluding hydrogens is 468 g/mol. The van der Waals surface area contributed by atoms with Crippen LogP contribution in [0.4, 0.5) is 11.4 Å². The molecule has 9 nitrogen and oxygen atoms in total. The molecule has 0 saturated carbocycles. The van der Waals surface area contributed by atoms with Crippen molar-refractivity contribution in [2.24, 2.45) is 0 Å². The molecule has 4 rings (SSSR count). The van der Waals surface area contributed by atoms with E-state index in [-0.39, 0.29) is 35.3 Å². The van der Waals surface area contributed by atoms with Crippen LogP contribution in [0, 0.1) is 10.1 Å². The molecule has 0 unspecified atom stereocenters. The van der Waals surface area contributed by atoms with Crippen molar-refractivity contribution in [3.63, 3.8) is 0 Å². The molecule has 1 aromatic heterocycles. The summed E-state index contributed by atoms with van der Waals surface area (Å²) in [6.07, 6.45) is 2.82. The van der Waals surface area contributed by atoms with E-state index in [0.29, 0.717) is 12.1 Å². The number of amides is 1. The van der Waals surface area contributed by atoms with Crippen LogP contribution in [0.1, 0.15) is 15.9 Å². The van der Waals surface area contributed by atoms with Gasteiger partial charge in [0.1, 0.15) is 5.69 Å². The lowest BCUT2D eigenvalue weighted by Crippen LogP contribution is -2.28. The normalized spacial score (nSPS) is 11.3. The second kappa shape index (κ2) is 9.98. The molecule has 0 bridgehead atoms. The molecule has 0 aliphatic heterocycles. The minimum Gasteiger partial charge on any atom is -0.378 e. The van der Waals surface area contributed by atoms with Gasteiger partial charge in [0.2, 0.25) is 0 Å². The Kier molecular flexibility index (Phi) is 6.83. The summed E-state index contributed by atoms with van der Waals surface area (Å²) in [6, 6.07) is 21.3. The fourth-order valence-electron chi connectivity index (χ4n) is 3.85. The van der Waals surface area contributed by atoms with Crippen molar-refractivity contribution >= 4 is 38.0 Å². The lowest BCUT2D eigenvalue weighted by molar-refractivity contribution is -0.384. The Bertz CT molecular complexity index is 1500. The highest BCUT2D eigenvalue weighted by Crippen LogP contribution is 2.27. The van der Waals surface area contributed by atoms with Crippen molar-refractivity contribution in [1.82, 2.24) is 9.88 Å². The van der Waals surface area contributed by atoms with Gasteiger partial charge < -0.3 is 15.2 Å². The predicted octanol–water partition coefficient (Wildman–Crippen LogP) is 3.84. The van der Waals surface area contributed by atoms with Gasteiger partial charge in [-0.1, -0.05) is 48.5 Å². The number of rotatable bonds is 9. The van der Waals surface area contributed by atoms with Crippen molar-refractivity contribution in [2.75, 3.05) is 24.7 Å². The third-order valence-corrected chi connectivity index (χ3v) is 6.66. The van der Waals surface area contributed by atoms with E-state index in [2.05, 4.69) is 10.6 Å². The van der Waals surface area contributed by atoms with Crippen LogP contribution in [0.3, 0.4) is 0 Å². The maximum atomic E-state index is 12.9. The van der Waals surface area contributed by atoms with Gasteiger partial charge in [0.05, 0.1) is 15.4 Å². The number of anilines is 1. The van der Waals surface area contributed by atoms with Gasteiger partial charge in [-0.05, 0) is 23.8 Å². The topological polar surface area (TPSA) is 123 Å². The fraction of sp³-hybridized carbons (Fsp3) is 0.160. The number of sulfone groups is 1. The molecule has 1 amide bonds. The third-order valence-electron chi connectivity index (χ3n) is 5.55. The SMILES string of the molecule is CS(=O)(=O)c1ccc(NCCNC(=O)c2cn(Cc3ccccc3)c3ccccc23)c([N+](=O)[O-])c1. The van der Waals surface area contributed by atoms with Gasteiger partial charge >= 0.3 is 0 Å². The number of nitro benzene ring substituents is 1. The maximum Gasteiger partial charge on any atom is 0.293 e. The van der Waals surface area contributed by atoms with Crippen LogP contribution in [0.2, 0.25) is 0 Å². The molecule has 10 heteroatoms. The van der Waals surface area contributed by atoms with Crippen LogP contribution in [-0.2, 0) is 16.4 Å². The Morgan fingerprint density at radius 3 is 2.43 bits per heavy atom. The lowest BCUT2D eigenvalue weighted by Gasteiger charge is -2.09. The fourth-order valence-corrected chi connectivity index (χ4v) is 4.49. The molecule has 0 radical (unpaired) electrons. The molecular formula is C25H24N4O5S. The summed E-state index contributed by atoms with van der Waals surface area (Å²) >= 11 is 0. The average molecular weight is 493 g/mol. The second-order valence-corrected chi connectivity index (χ2v) is 10.1. The summed E-state index contributed by atoms with van der Waals surface area (Å²) in [5.41, 5.74) is 2.44. The van der Waals surface area contributed by atoms with Crippen LogP contribution in [0.5, 0.6) is 0 Å². The zero-order valence-corrected chi connectivity index (χ0v) is 19.8. The van der Waals surface area contributed by atoms with Crippen LogP contribution in [0.15, 0.2) is 83.9 Å². The van der Waals surface area contributed by atoms with Crippen molar-refractivity contribution in [3.05, 3.63) is 100 Å². The van der Waals surface area contributed by atoms with Crippen LogP contribution >= 0.6 is 0 Å². The van der Waals surface area contributed by atoms with Gasteiger partial charge in [0.15, 0.2) is 9.84 Å². The van der Waals surface area contributed by atoms with Gasteiger partial charge in [-0.3, -0.25) is 14.9 Å². The van der Waals surface area contributed by atoms with Crippen molar-refractivity contribution in [3.8, 4) is 0 Å². The van der Waals surface area contributed by atoms with E-state index in [4.69, 9.17) is 0 Å². The molecule has 2 N–H and O–H groups in total. The number of carbonyl (C=O) groups excluding carboxylic acids is 1. The van der Waals surface area contributed by atoms with E-state index in [9.17, 15) is 23.3 Å². The predicted molar refractivity (Wildman–Crippen MR) is 135 cm³/mol. The van der Waals surface area contributed by atoms with Gasteiger partial charge in [0.25, 0.3) is 11.6 Å². The summed E-state index contributed by atoms with van der Waals surface area (Å²) in [4.78, 5) is 23.6. The highest BCUT2D eigenvalue weighted by molar-refractivity contribution is 7.90. The molecule has 0 atom stereocenters. The van der Waals surface area contributed by atoms with Crippen molar-refractivity contribution in [2.45, 2.75) is 11.4 Å². The van der Waals surface area contributed by atoms with Crippen LogP contribution < -0.4 is 10.6 Å². The van der Waals surface area contributed by atoms with E-state index < -0.39 is 14.8 Å². The number of benzene rings is 3. The van der Waals surface area contributed by atoms with E-state index >= 15 is 0 Å². The summed E-state index contributed by atoms with van der Waals surface area (Å²) < 4.78 is 25.4. The number of nitrogens with zero attached hydrogens (tertiary/aromatic N) is 2. The molecule has 1 heterocycles. The zero-order chi connectivity index (χ0) is 25.0. The zero-order valence-electron chi connectivity index (χ0n) is 19.0. The number of hydrogen-bond acceptors (Lipinski definition) is 6. The molecule has 4 aromatic rings. The first-order chi connectivity index (χ1) is 16.7. The van der Waals surface area contributed by atoms with Crippen molar-refractivity contribution < 1.29 is 18.1 Å². The largest absolute Gasteiger partial charge is 0.378 e. The quantitative estimate of drug-likeness (QED) is 0.208. The minimum atomic E-state index is -3.57. The molecule has 0 saturated heterocycles. The number of carbonyl (C=O) groups is 1. The highest BCUT2D eigenvalue weighted by atomic mass is 32.2. The standard InChI is InChI=1S/C25H24N4O5S/c1-35(33,34)19-11-12-22(24(15-19)29(31)32)26-13-14-27-25(30)21-17-28(16-18-7-3-2-4-8-18)23-10-6-5-9-20(21)23/h2-12,15,17,26H,13-14,16H2,1H3,(H,27,30). The Balaban J connectivity index is 1.44. The smallest absolute Gasteiger partial charge is 0.293 e. The molecule has 180 valence electrons. The number of hydrogen-bond donors (Lipinski definition) is 2. The maximum absolute atomic E-state index is 12.9. The number of para-hydroxylation sites is 1. The van der Waals surface area contributed by atoms with E-state index in [1.165, 1.54) is 12.1 Å². The number of aromatic nitrogens is 1. The van der Waals surface area contributed by atoms with E-state index in [1.807, 2.05) is 65.4 Å². The van der Waals surface area contributed by atoms with Gasteiger partial charge in [-0.2, -0.15) is 0 Å². The first-order valence-electron chi connectivity index (χ1n) is 10.9. The van der Waals surface area contributed by atoms with Crippen LogP contribution in [0.25, 0.3) is 10.9 Å². The highest BCUT2D eigenvalue weighted by Gasteiger charge is 2.19. The molecule has 35 heavy (non-hydrogen) atoms. The summed E-state index contributed by atoms with van der Waals surface area (Å²) in [7, 11) is -3.57. The molecule has 0 aliphatic rings. The minimum absolute atomic E-state index is 0.130. The molecule has 0 aliphatic carbocycles.